The summed E-state index contributed by atoms with van der Waals surface area (Å²) in [5, 5.41) is 13.6. The van der Waals surface area contributed by atoms with E-state index >= 15 is 0 Å². The van der Waals surface area contributed by atoms with Gasteiger partial charge in [0.25, 0.3) is 0 Å². The first-order valence-corrected chi connectivity index (χ1v) is 4.00. The zero-order valence-electron chi connectivity index (χ0n) is 6.75. The Morgan fingerprint density at radius 2 is 2.00 bits per heavy atom. The van der Waals surface area contributed by atoms with E-state index < -0.39 is 0 Å². The van der Waals surface area contributed by atoms with Crippen molar-refractivity contribution in [2.45, 2.75) is 0 Å². The third kappa shape index (κ3) is 0.823. The molecular formula is C9H6N4. The van der Waals surface area contributed by atoms with Crippen LogP contribution in [0.25, 0.3) is 16.4 Å². The normalized spacial score (nSPS) is 11.1. The molecular weight excluding hydrogens is 164 g/mol. The van der Waals surface area contributed by atoms with E-state index in [1.165, 1.54) is 0 Å². The molecule has 2 aromatic heterocycles. The SMILES string of the molecule is c1ccc2c(c1)ccn1nnnc21. The van der Waals surface area contributed by atoms with Crippen molar-refractivity contribution in [1.29, 1.82) is 0 Å². The van der Waals surface area contributed by atoms with Crippen molar-refractivity contribution in [2.24, 2.45) is 0 Å². The highest BCUT2D eigenvalue weighted by atomic mass is 15.5. The molecule has 2 heterocycles. The summed E-state index contributed by atoms with van der Waals surface area (Å²) in [6, 6.07) is 10.0. The topological polar surface area (TPSA) is 43.1 Å². The van der Waals surface area contributed by atoms with Crippen LogP contribution >= 0.6 is 0 Å². The summed E-state index contributed by atoms with van der Waals surface area (Å²) in [6.07, 6.45) is 1.86. The summed E-state index contributed by atoms with van der Waals surface area (Å²) in [6.45, 7) is 0. The van der Waals surface area contributed by atoms with Crippen LogP contribution in [0.2, 0.25) is 0 Å². The van der Waals surface area contributed by atoms with E-state index in [1.54, 1.807) is 4.52 Å². The average molecular weight is 170 g/mol. The van der Waals surface area contributed by atoms with Crippen molar-refractivity contribution in [1.82, 2.24) is 20.0 Å². The molecule has 62 valence electrons. The van der Waals surface area contributed by atoms with Crippen LogP contribution in [0.15, 0.2) is 36.5 Å². The summed E-state index contributed by atoms with van der Waals surface area (Å²) in [4.78, 5) is 0. The van der Waals surface area contributed by atoms with Crippen molar-refractivity contribution < 1.29 is 0 Å². The van der Waals surface area contributed by atoms with Gasteiger partial charge in [0.05, 0.1) is 0 Å². The lowest BCUT2D eigenvalue weighted by atomic mass is 10.2. The number of pyridine rings is 1. The molecule has 0 spiro atoms. The Hall–Kier alpha value is -1.97. The average Bonchev–Trinajstić information content (AvgIpc) is 2.65. The first-order valence-electron chi connectivity index (χ1n) is 4.00. The Labute approximate surface area is 73.8 Å². The molecule has 0 bridgehead atoms. The molecule has 3 rings (SSSR count). The van der Waals surface area contributed by atoms with Crippen LogP contribution in [0.5, 0.6) is 0 Å². The summed E-state index contributed by atoms with van der Waals surface area (Å²) in [7, 11) is 0. The van der Waals surface area contributed by atoms with Crippen LogP contribution in [-0.2, 0) is 0 Å². The predicted molar refractivity (Wildman–Crippen MR) is 48.3 cm³/mol. The Morgan fingerprint density at radius 1 is 1.08 bits per heavy atom. The molecule has 3 aromatic rings. The van der Waals surface area contributed by atoms with E-state index in [1.807, 2.05) is 36.5 Å². The molecule has 0 fully saturated rings. The first kappa shape index (κ1) is 6.54. The second-order valence-electron chi connectivity index (χ2n) is 2.85. The molecule has 13 heavy (non-hydrogen) atoms. The second kappa shape index (κ2) is 2.26. The molecule has 0 aliphatic heterocycles. The van der Waals surface area contributed by atoms with Gasteiger partial charge in [0.1, 0.15) is 0 Å². The monoisotopic (exact) mass is 170 g/mol. The van der Waals surface area contributed by atoms with E-state index in [9.17, 15) is 0 Å². The van der Waals surface area contributed by atoms with Gasteiger partial charge in [-0.05, 0) is 21.9 Å². The summed E-state index contributed by atoms with van der Waals surface area (Å²) in [5.41, 5.74) is 0.804. The van der Waals surface area contributed by atoms with Crippen molar-refractivity contribution in [3.8, 4) is 0 Å². The minimum atomic E-state index is 0.804. The third-order valence-electron chi connectivity index (χ3n) is 2.09. The Morgan fingerprint density at radius 3 is 3.00 bits per heavy atom. The number of fused-ring (bicyclic) bond motifs is 3. The van der Waals surface area contributed by atoms with Gasteiger partial charge in [-0.25, -0.2) is 4.52 Å². The molecule has 0 atom stereocenters. The lowest BCUT2D eigenvalue weighted by Gasteiger charge is -1.96. The van der Waals surface area contributed by atoms with Crippen molar-refractivity contribution in [2.75, 3.05) is 0 Å². The van der Waals surface area contributed by atoms with Gasteiger partial charge < -0.3 is 0 Å². The molecule has 0 amide bonds. The molecule has 1 aromatic carbocycles. The zero-order chi connectivity index (χ0) is 8.67. The van der Waals surface area contributed by atoms with Gasteiger partial charge in [-0.15, -0.1) is 5.10 Å². The maximum Gasteiger partial charge on any atom is 0.186 e. The molecule has 0 radical (unpaired) electrons. The van der Waals surface area contributed by atoms with Crippen LogP contribution < -0.4 is 0 Å². The van der Waals surface area contributed by atoms with E-state index in [2.05, 4.69) is 15.5 Å². The minimum Gasteiger partial charge on any atom is -0.200 e. The largest absolute Gasteiger partial charge is 0.200 e. The summed E-state index contributed by atoms with van der Waals surface area (Å²) in [5.74, 6) is 0. The van der Waals surface area contributed by atoms with Gasteiger partial charge in [-0.3, -0.25) is 0 Å². The Bertz CT molecular complexity index is 570. The maximum atomic E-state index is 3.95. The molecule has 0 aliphatic rings. The number of hydrogen-bond acceptors (Lipinski definition) is 3. The van der Waals surface area contributed by atoms with Crippen molar-refractivity contribution in [3.63, 3.8) is 0 Å². The molecule has 4 nitrogen and oxygen atoms in total. The second-order valence-corrected chi connectivity index (χ2v) is 2.85. The van der Waals surface area contributed by atoms with Crippen LogP contribution in [0.4, 0.5) is 0 Å². The molecule has 4 heteroatoms. The zero-order valence-corrected chi connectivity index (χ0v) is 6.75. The van der Waals surface area contributed by atoms with E-state index in [4.69, 9.17) is 0 Å². The highest BCUT2D eigenvalue weighted by Crippen LogP contribution is 2.16. The first-order chi connectivity index (χ1) is 6.45. The standard InChI is InChI=1S/C9H6N4/c1-2-4-8-7(3-1)5-6-13-9(8)10-11-12-13/h1-6H. The molecule has 0 unspecified atom stereocenters. The number of aromatic nitrogens is 4. The number of hydrogen-bond donors (Lipinski definition) is 0. The Balaban J connectivity index is 2.65. The van der Waals surface area contributed by atoms with Crippen LogP contribution in [-0.4, -0.2) is 20.0 Å². The van der Waals surface area contributed by atoms with Gasteiger partial charge >= 0.3 is 0 Å². The fourth-order valence-electron chi connectivity index (χ4n) is 1.47. The maximum absolute atomic E-state index is 3.95. The summed E-state index contributed by atoms with van der Waals surface area (Å²) < 4.78 is 1.67. The number of benzene rings is 1. The highest BCUT2D eigenvalue weighted by molar-refractivity contribution is 5.93. The molecule has 0 aliphatic carbocycles. The smallest absolute Gasteiger partial charge is 0.186 e. The fraction of sp³-hybridized carbons (Fsp3) is 0. The van der Waals surface area contributed by atoms with Crippen molar-refractivity contribution in [3.05, 3.63) is 36.5 Å². The minimum absolute atomic E-state index is 0.804. The van der Waals surface area contributed by atoms with Gasteiger partial charge in [-0.2, -0.15) is 0 Å². The number of nitrogens with zero attached hydrogens (tertiary/aromatic N) is 4. The van der Waals surface area contributed by atoms with Crippen LogP contribution in [0.1, 0.15) is 0 Å². The van der Waals surface area contributed by atoms with Crippen LogP contribution in [0, 0.1) is 0 Å². The third-order valence-corrected chi connectivity index (χ3v) is 2.09. The summed E-state index contributed by atoms with van der Waals surface area (Å²) >= 11 is 0. The van der Waals surface area contributed by atoms with Gasteiger partial charge in [-0.1, -0.05) is 24.3 Å². The predicted octanol–water partition coefficient (Wildman–Crippen LogP) is 1.28. The Kier molecular flexibility index (Phi) is 1.14. The van der Waals surface area contributed by atoms with Gasteiger partial charge in [0.2, 0.25) is 0 Å². The van der Waals surface area contributed by atoms with E-state index in [-0.39, 0.29) is 0 Å². The van der Waals surface area contributed by atoms with Crippen molar-refractivity contribution >= 4 is 16.4 Å². The van der Waals surface area contributed by atoms with E-state index in [0.29, 0.717) is 0 Å². The number of tetrazole rings is 1. The molecule has 0 N–H and O–H groups in total. The fourth-order valence-corrected chi connectivity index (χ4v) is 1.47. The highest BCUT2D eigenvalue weighted by Gasteiger charge is 2.00. The van der Waals surface area contributed by atoms with E-state index in [0.717, 1.165) is 16.4 Å². The number of rotatable bonds is 0. The lowest BCUT2D eigenvalue weighted by Crippen LogP contribution is -1.86. The molecule has 0 saturated heterocycles. The van der Waals surface area contributed by atoms with Gasteiger partial charge in [0.15, 0.2) is 5.65 Å². The quantitative estimate of drug-likeness (QED) is 0.510. The molecule has 0 saturated carbocycles. The lowest BCUT2D eigenvalue weighted by molar-refractivity contribution is 0.824. The van der Waals surface area contributed by atoms with Gasteiger partial charge in [0, 0.05) is 11.6 Å². The van der Waals surface area contributed by atoms with Crippen LogP contribution in [0.3, 0.4) is 0 Å².